The van der Waals surface area contributed by atoms with Gasteiger partial charge in [0.25, 0.3) is 0 Å². The van der Waals surface area contributed by atoms with E-state index in [4.69, 9.17) is 4.18 Å². The Labute approximate surface area is 151 Å². The Morgan fingerprint density at radius 2 is 1.96 bits per heavy atom. The van der Waals surface area contributed by atoms with E-state index in [1.54, 1.807) is 24.4 Å². The molecule has 1 aliphatic heterocycles. The summed E-state index contributed by atoms with van der Waals surface area (Å²) in [5.74, 6) is 0.167. The summed E-state index contributed by atoms with van der Waals surface area (Å²) in [6.07, 6.45) is 2.55. The highest BCUT2D eigenvalue weighted by Crippen LogP contribution is 2.30. The first-order valence-corrected chi connectivity index (χ1v) is 9.56. The van der Waals surface area contributed by atoms with Crippen molar-refractivity contribution in [2.24, 2.45) is 0 Å². The van der Waals surface area contributed by atoms with Gasteiger partial charge in [0.15, 0.2) is 0 Å². The summed E-state index contributed by atoms with van der Waals surface area (Å²) in [4.78, 5) is 15.7. The van der Waals surface area contributed by atoms with Crippen LogP contribution in [0.4, 0.5) is 5.69 Å². The second-order valence-electron chi connectivity index (χ2n) is 6.25. The third-order valence-corrected chi connectivity index (χ3v) is 5.54. The van der Waals surface area contributed by atoms with Crippen molar-refractivity contribution in [3.05, 3.63) is 59.8 Å². The minimum atomic E-state index is -4.04. The Morgan fingerprint density at radius 1 is 1.12 bits per heavy atom. The fourth-order valence-electron chi connectivity index (χ4n) is 3.03. The maximum Gasteiger partial charge on any atom is 0.341 e. The zero-order valence-electron chi connectivity index (χ0n) is 14.0. The van der Waals surface area contributed by atoms with Crippen molar-refractivity contribution < 1.29 is 17.4 Å². The number of fused-ring (bicyclic) bond motifs is 2. The van der Waals surface area contributed by atoms with E-state index in [1.807, 2.05) is 19.1 Å². The summed E-state index contributed by atoms with van der Waals surface area (Å²) in [5, 5.41) is 3.50. The number of anilines is 1. The van der Waals surface area contributed by atoms with Crippen molar-refractivity contribution in [2.45, 2.75) is 24.7 Å². The molecule has 2 heterocycles. The molecule has 6 nitrogen and oxygen atoms in total. The largest absolute Gasteiger partial charge is 0.379 e. The van der Waals surface area contributed by atoms with Gasteiger partial charge in [-0.3, -0.25) is 9.78 Å². The minimum Gasteiger partial charge on any atom is -0.379 e. The first kappa shape index (κ1) is 16.5. The Balaban J connectivity index is 1.71. The van der Waals surface area contributed by atoms with E-state index in [0.29, 0.717) is 24.0 Å². The fraction of sp³-hybridized carbons (Fsp3) is 0.158. The molecule has 1 aliphatic rings. The minimum absolute atomic E-state index is 0.0287. The van der Waals surface area contributed by atoms with E-state index < -0.39 is 10.1 Å². The standard InChI is InChI=1S/C19H16N2O4S/c1-12-9-14-3-2-4-17(19(14)20-11-12)26(23,24)25-15-6-7-16-13(10-15)5-8-18(22)21-16/h2-4,6-7,9-11H,5,8H2,1H3,(H,21,22). The molecule has 26 heavy (non-hydrogen) atoms. The molecular weight excluding hydrogens is 352 g/mol. The maximum absolute atomic E-state index is 12.8. The van der Waals surface area contributed by atoms with Crippen LogP contribution in [0.1, 0.15) is 17.5 Å². The van der Waals surface area contributed by atoms with Crippen LogP contribution in [-0.2, 0) is 21.3 Å². The lowest BCUT2D eigenvalue weighted by atomic mass is 10.0. The number of pyridine rings is 1. The molecule has 0 bridgehead atoms. The number of carbonyl (C=O) groups is 1. The molecule has 0 spiro atoms. The fourth-order valence-corrected chi connectivity index (χ4v) is 4.13. The number of hydrogen-bond acceptors (Lipinski definition) is 5. The SMILES string of the molecule is Cc1cnc2c(S(=O)(=O)Oc3ccc4c(c3)CCC(=O)N4)cccc2c1. The molecule has 132 valence electrons. The van der Waals surface area contributed by atoms with Gasteiger partial charge in [0.2, 0.25) is 5.91 Å². The van der Waals surface area contributed by atoms with E-state index >= 15 is 0 Å². The molecule has 7 heteroatoms. The van der Waals surface area contributed by atoms with Gasteiger partial charge >= 0.3 is 10.1 Å². The number of aromatic nitrogens is 1. The van der Waals surface area contributed by atoms with E-state index in [-0.39, 0.29) is 16.6 Å². The molecular formula is C19H16N2O4S. The molecule has 0 unspecified atom stereocenters. The summed E-state index contributed by atoms with van der Waals surface area (Å²) in [5.41, 5.74) is 2.87. The second-order valence-corrected chi connectivity index (χ2v) is 7.76. The Morgan fingerprint density at radius 3 is 2.81 bits per heavy atom. The molecule has 0 saturated heterocycles. The molecule has 1 N–H and O–H groups in total. The lowest BCUT2D eigenvalue weighted by Gasteiger charge is -2.17. The number of nitrogens with zero attached hydrogens (tertiary/aromatic N) is 1. The number of nitrogens with one attached hydrogen (secondary N) is 1. The lowest BCUT2D eigenvalue weighted by Crippen LogP contribution is -2.19. The van der Waals surface area contributed by atoms with Crippen molar-refractivity contribution in [2.75, 3.05) is 5.32 Å². The van der Waals surface area contributed by atoms with Gasteiger partial charge in [0, 0.05) is 23.7 Å². The van der Waals surface area contributed by atoms with Crippen LogP contribution in [0.5, 0.6) is 5.75 Å². The van der Waals surface area contributed by atoms with Gasteiger partial charge in [0.1, 0.15) is 10.6 Å². The van der Waals surface area contributed by atoms with Gasteiger partial charge in [0.05, 0.1) is 5.52 Å². The highest BCUT2D eigenvalue weighted by Gasteiger charge is 2.22. The third-order valence-electron chi connectivity index (χ3n) is 4.26. The van der Waals surface area contributed by atoms with Crippen LogP contribution in [0.2, 0.25) is 0 Å². The second kappa shape index (κ2) is 6.10. The third kappa shape index (κ3) is 3.01. The Bertz CT molecular complexity index is 1140. The average Bonchev–Trinajstić information content (AvgIpc) is 2.60. The Kier molecular flexibility index (Phi) is 3.88. The first-order chi connectivity index (χ1) is 12.4. The molecule has 0 aliphatic carbocycles. The number of para-hydroxylation sites is 1. The molecule has 4 rings (SSSR count). The average molecular weight is 368 g/mol. The van der Waals surface area contributed by atoms with Crippen molar-refractivity contribution in [1.82, 2.24) is 4.98 Å². The maximum atomic E-state index is 12.8. The Hall–Kier alpha value is -2.93. The molecule has 0 atom stereocenters. The lowest BCUT2D eigenvalue weighted by molar-refractivity contribution is -0.116. The highest BCUT2D eigenvalue weighted by molar-refractivity contribution is 7.87. The molecule has 0 saturated carbocycles. The van der Waals surface area contributed by atoms with E-state index in [0.717, 1.165) is 16.5 Å². The van der Waals surface area contributed by atoms with Crippen LogP contribution in [0.3, 0.4) is 0 Å². The summed E-state index contributed by atoms with van der Waals surface area (Å²) in [6.45, 7) is 1.90. The monoisotopic (exact) mass is 368 g/mol. The van der Waals surface area contributed by atoms with Crippen LogP contribution in [-0.4, -0.2) is 19.3 Å². The molecule has 1 amide bonds. The molecule has 3 aromatic rings. The first-order valence-electron chi connectivity index (χ1n) is 8.15. The predicted octanol–water partition coefficient (Wildman–Crippen LogP) is 3.20. The molecule has 1 aromatic heterocycles. The zero-order valence-corrected chi connectivity index (χ0v) is 14.8. The van der Waals surface area contributed by atoms with E-state index in [1.165, 1.54) is 12.1 Å². The predicted molar refractivity (Wildman–Crippen MR) is 97.7 cm³/mol. The van der Waals surface area contributed by atoms with Crippen molar-refractivity contribution in [3.63, 3.8) is 0 Å². The van der Waals surface area contributed by atoms with Gasteiger partial charge in [-0.25, -0.2) is 0 Å². The van der Waals surface area contributed by atoms with Gasteiger partial charge in [-0.05, 0) is 54.8 Å². The summed E-state index contributed by atoms with van der Waals surface area (Å²) in [6, 6.07) is 11.7. The summed E-state index contributed by atoms with van der Waals surface area (Å²) < 4.78 is 30.9. The van der Waals surface area contributed by atoms with Gasteiger partial charge < -0.3 is 9.50 Å². The van der Waals surface area contributed by atoms with Gasteiger partial charge in [-0.2, -0.15) is 8.42 Å². The number of benzene rings is 2. The number of aryl methyl sites for hydroxylation is 2. The number of carbonyl (C=O) groups excluding carboxylic acids is 1. The van der Waals surface area contributed by atoms with E-state index in [2.05, 4.69) is 10.3 Å². The number of hydrogen-bond donors (Lipinski definition) is 1. The summed E-state index contributed by atoms with van der Waals surface area (Å²) >= 11 is 0. The van der Waals surface area contributed by atoms with Gasteiger partial charge in [-0.1, -0.05) is 12.1 Å². The number of rotatable bonds is 3. The van der Waals surface area contributed by atoms with Crippen molar-refractivity contribution in [1.29, 1.82) is 0 Å². The van der Waals surface area contributed by atoms with Crippen molar-refractivity contribution in [3.8, 4) is 5.75 Å². The quantitative estimate of drug-likeness (QED) is 0.718. The normalized spacial score (nSPS) is 14.0. The van der Waals surface area contributed by atoms with Crippen molar-refractivity contribution >= 4 is 32.6 Å². The molecule has 0 fully saturated rings. The number of amides is 1. The smallest absolute Gasteiger partial charge is 0.341 e. The van der Waals surface area contributed by atoms with Gasteiger partial charge in [-0.15, -0.1) is 0 Å². The zero-order chi connectivity index (χ0) is 18.3. The van der Waals surface area contributed by atoms with Crippen LogP contribution in [0.25, 0.3) is 10.9 Å². The summed E-state index contributed by atoms with van der Waals surface area (Å²) in [7, 11) is -4.04. The van der Waals surface area contributed by atoms with Crippen LogP contribution in [0.15, 0.2) is 53.6 Å². The molecule has 2 aromatic carbocycles. The molecule has 0 radical (unpaired) electrons. The van der Waals surface area contributed by atoms with Crippen LogP contribution < -0.4 is 9.50 Å². The van der Waals surface area contributed by atoms with Crippen LogP contribution >= 0.6 is 0 Å². The highest BCUT2D eigenvalue weighted by atomic mass is 32.2. The topological polar surface area (TPSA) is 85.4 Å². The van der Waals surface area contributed by atoms with Crippen LogP contribution in [0, 0.1) is 6.92 Å². The van der Waals surface area contributed by atoms with E-state index in [9.17, 15) is 13.2 Å².